The number of carbonyl (C=O) groups excluding carboxylic acids is 1. The number of hydrogen-bond donors (Lipinski definition) is 2. The summed E-state index contributed by atoms with van der Waals surface area (Å²) in [5.74, 6) is 1.32. The third kappa shape index (κ3) is 3.27. The van der Waals surface area contributed by atoms with Crippen molar-refractivity contribution in [3.8, 4) is 17.0 Å². The van der Waals surface area contributed by atoms with Crippen LogP contribution in [0.25, 0.3) is 22.3 Å². The van der Waals surface area contributed by atoms with Gasteiger partial charge in [-0.3, -0.25) is 9.69 Å². The summed E-state index contributed by atoms with van der Waals surface area (Å²) in [6, 6.07) is 11.2. The molecule has 29 heavy (non-hydrogen) atoms. The number of nitrogens with one attached hydrogen (secondary N) is 1. The Balaban J connectivity index is 1.29. The van der Waals surface area contributed by atoms with Crippen LogP contribution in [0.2, 0.25) is 0 Å². The molecule has 5 rings (SSSR count). The molecule has 0 bridgehead atoms. The standard InChI is InChI=1S/C22H23N5O2/c1-2-21(29)27-11-15-9-26(10-16(15)12-27)13-17-7-14-8-19(24-25-22(14)23-17)18-5-3-4-6-20(18)28/h2-8,15-16,28H,1,9-13H2,(H,23,25). The monoisotopic (exact) mass is 389 g/mol. The average molecular weight is 389 g/mol. The number of rotatable bonds is 4. The third-order valence-corrected chi connectivity index (χ3v) is 6.05. The predicted molar refractivity (Wildman–Crippen MR) is 110 cm³/mol. The van der Waals surface area contributed by atoms with E-state index in [0.29, 0.717) is 23.1 Å². The lowest BCUT2D eigenvalue weighted by Gasteiger charge is -2.20. The number of benzene rings is 1. The molecule has 7 nitrogen and oxygen atoms in total. The Bertz CT molecular complexity index is 1080. The van der Waals surface area contributed by atoms with Crippen molar-refractivity contribution in [2.24, 2.45) is 11.8 Å². The summed E-state index contributed by atoms with van der Waals surface area (Å²) in [5.41, 5.74) is 3.18. The number of phenolic OH excluding ortho intramolecular Hbond substituents is 1. The summed E-state index contributed by atoms with van der Waals surface area (Å²) in [6.07, 6.45) is 1.41. The normalized spacial score (nSPS) is 21.6. The van der Waals surface area contributed by atoms with Crippen LogP contribution < -0.4 is 0 Å². The molecule has 0 spiro atoms. The van der Waals surface area contributed by atoms with E-state index < -0.39 is 0 Å². The highest BCUT2D eigenvalue weighted by Crippen LogP contribution is 2.33. The molecule has 0 aliphatic carbocycles. The summed E-state index contributed by atoms with van der Waals surface area (Å²) in [5, 5.41) is 19.6. The van der Waals surface area contributed by atoms with E-state index in [1.54, 1.807) is 12.1 Å². The van der Waals surface area contributed by atoms with Crippen LogP contribution in [-0.4, -0.2) is 62.2 Å². The minimum absolute atomic E-state index is 0.0420. The highest BCUT2D eigenvalue weighted by atomic mass is 16.3. The highest BCUT2D eigenvalue weighted by molar-refractivity contribution is 5.87. The number of amides is 1. The van der Waals surface area contributed by atoms with Crippen LogP contribution in [0, 0.1) is 11.8 Å². The van der Waals surface area contributed by atoms with Crippen LogP contribution >= 0.6 is 0 Å². The molecular weight excluding hydrogens is 366 g/mol. The Morgan fingerprint density at radius 3 is 2.66 bits per heavy atom. The molecule has 0 radical (unpaired) electrons. The average Bonchev–Trinajstić information content (AvgIpc) is 3.39. The van der Waals surface area contributed by atoms with Gasteiger partial charge in [-0.1, -0.05) is 18.7 Å². The van der Waals surface area contributed by atoms with E-state index in [-0.39, 0.29) is 11.7 Å². The predicted octanol–water partition coefficient (Wildman–Crippen LogP) is 2.41. The van der Waals surface area contributed by atoms with E-state index in [9.17, 15) is 9.90 Å². The molecule has 2 unspecified atom stereocenters. The van der Waals surface area contributed by atoms with Gasteiger partial charge in [0.1, 0.15) is 5.75 Å². The lowest BCUT2D eigenvalue weighted by Crippen LogP contribution is -2.32. The molecule has 3 aromatic rings. The fraction of sp³-hybridized carbons (Fsp3) is 0.318. The summed E-state index contributed by atoms with van der Waals surface area (Å²) in [6.45, 7) is 8.06. The van der Waals surface area contributed by atoms with E-state index in [2.05, 4.69) is 32.7 Å². The van der Waals surface area contributed by atoms with Gasteiger partial charge >= 0.3 is 0 Å². The van der Waals surface area contributed by atoms with E-state index in [1.165, 1.54) is 6.08 Å². The van der Waals surface area contributed by atoms with E-state index >= 15 is 0 Å². The number of likely N-dealkylation sites (tertiary alicyclic amines) is 2. The number of para-hydroxylation sites is 1. The van der Waals surface area contributed by atoms with Crippen LogP contribution in [0.3, 0.4) is 0 Å². The van der Waals surface area contributed by atoms with Crippen LogP contribution in [-0.2, 0) is 11.3 Å². The van der Waals surface area contributed by atoms with Gasteiger partial charge in [-0.05, 0) is 42.2 Å². The van der Waals surface area contributed by atoms with E-state index in [4.69, 9.17) is 0 Å². The number of carbonyl (C=O) groups is 1. The minimum Gasteiger partial charge on any atom is -0.507 e. The second-order valence-electron chi connectivity index (χ2n) is 8.01. The molecule has 7 heteroatoms. The summed E-state index contributed by atoms with van der Waals surface area (Å²) >= 11 is 0. The van der Waals surface area contributed by atoms with Crippen LogP contribution in [0.4, 0.5) is 0 Å². The number of nitrogens with zero attached hydrogens (tertiary/aromatic N) is 4. The molecule has 0 saturated carbocycles. The fourth-order valence-corrected chi connectivity index (χ4v) is 4.67. The number of hydrogen-bond acceptors (Lipinski definition) is 5. The largest absolute Gasteiger partial charge is 0.507 e. The molecular formula is C22H23N5O2. The second-order valence-corrected chi connectivity index (χ2v) is 8.01. The number of aromatic amines is 1. The maximum absolute atomic E-state index is 11.8. The van der Waals surface area contributed by atoms with Gasteiger partial charge in [-0.15, -0.1) is 10.2 Å². The van der Waals surface area contributed by atoms with Gasteiger partial charge < -0.3 is 15.0 Å². The molecule has 2 aliphatic heterocycles. The molecule has 2 atom stereocenters. The molecule has 148 valence electrons. The lowest BCUT2D eigenvalue weighted by atomic mass is 10.0. The number of fused-ring (bicyclic) bond motifs is 2. The van der Waals surface area contributed by atoms with Crippen molar-refractivity contribution in [1.82, 2.24) is 25.0 Å². The Morgan fingerprint density at radius 2 is 1.93 bits per heavy atom. The first-order chi connectivity index (χ1) is 14.1. The number of aromatic nitrogens is 3. The van der Waals surface area contributed by atoms with Crippen molar-refractivity contribution in [2.75, 3.05) is 26.2 Å². The Kier molecular flexibility index (Phi) is 4.32. The first-order valence-electron chi connectivity index (χ1n) is 9.88. The number of H-pyrrole nitrogens is 1. The topological polar surface area (TPSA) is 85.3 Å². The number of aromatic hydroxyl groups is 1. The molecule has 2 aromatic heterocycles. The van der Waals surface area contributed by atoms with Gasteiger partial charge in [-0.25, -0.2) is 0 Å². The van der Waals surface area contributed by atoms with Crippen molar-refractivity contribution in [3.05, 3.63) is 54.7 Å². The van der Waals surface area contributed by atoms with E-state index in [1.807, 2.05) is 23.1 Å². The molecule has 2 saturated heterocycles. The van der Waals surface area contributed by atoms with Crippen LogP contribution in [0.1, 0.15) is 5.69 Å². The summed E-state index contributed by atoms with van der Waals surface area (Å²) in [7, 11) is 0. The van der Waals surface area contributed by atoms with Crippen molar-refractivity contribution in [1.29, 1.82) is 0 Å². The first-order valence-corrected chi connectivity index (χ1v) is 9.88. The highest BCUT2D eigenvalue weighted by Gasteiger charge is 2.40. The molecule has 1 aromatic carbocycles. The molecule has 2 N–H and O–H groups in total. The van der Waals surface area contributed by atoms with E-state index in [0.717, 1.165) is 49.5 Å². The van der Waals surface area contributed by atoms with Crippen LogP contribution in [0.5, 0.6) is 5.75 Å². The zero-order valence-corrected chi connectivity index (χ0v) is 16.1. The second kappa shape index (κ2) is 7.00. The Hall–Kier alpha value is -3.19. The third-order valence-electron chi connectivity index (χ3n) is 6.05. The molecule has 1 amide bonds. The number of phenols is 1. The fourth-order valence-electron chi connectivity index (χ4n) is 4.67. The summed E-state index contributed by atoms with van der Waals surface area (Å²) in [4.78, 5) is 19.5. The Labute approximate surface area is 168 Å². The molecule has 2 aliphatic rings. The minimum atomic E-state index is 0.0420. The van der Waals surface area contributed by atoms with Crippen molar-refractivity contribution in [3.63, 3.8) is 0 Å². The first kappa shape index (κ1) is 17.9. The van der Waals surface area contributed by atoms with Gasteiger partial charge in [0.2, 0.25) is 5.91 Å². The molecule has 4 heterocycles. The maximum Gasteiger partial charge on any atom is 0.245 e. The smallest absolute Gasteiger partial charge is 0.245 e. The van der Waals surface area contributed by atoms with Gasteiger partial charge in [0.25, 0.3) is 0 Å². The van der Waals surface area contributed by atoms with Gasteiger partial charge in [0, 0.05) is 49.4 Å². The Morgan fingerprint density at radius 1 is 1.17 bits per heavy atom. The van der Waals surface area contributed by atoms with Crippen LogP contribution in [0.15, 0.2) is 49.1 Å². The SMILES string of the molecule is C=CC(=O)N1CC2CN(Cc3cc4cc(-c5ccccc5O)nnc4[nH]3)CC2C1. The van der Waals surface area contributed by atoms with Gasteiger partial charge in [0.15, 0.2) is 5.65 Å². The maximum atomic E-state index is 11.8. The quantitative estimate of drug-likeness (QED) is 0.670. The zero-order valence-electron chi connectivity index (χ0n) is 16.1. The van der Waals surface area contributed by atoms with Crippen molar-refractivity contribution in [2.45, 2.75) is 6.54 Å². The van der Waals surface area contributed by atoms with Crippen molar-refractivity contribution < 1.29 is 9.90 Å². The van der Waals surface area contributed by atoms with Crippen molar-refractivity contribution >= 4 is 16.9 Å². The summed E-state index contributed by atoms with van der Waals surface area (Å²) < 4.78 is 0. The van der Waals surface area contributed by atoms with Gasteiger partial charge in [0.05, 0.1) is 5.69 Å². The lowest BCUT2D eigenvalue weighted by molar-refractivity contribution is -0.125. The van der Waals surface area contributed by atoms with Gasteiger partial charge in [-0.2, -0.15) is 0 Å². The zero-order chi connectivity index (χ0) is 20.0. The molecule has 2 fully saturated rings.